The number of pyridine rings is 1. The maximum atomic E-state index is 4.57. The summed E-state index contributed by atoms with van der Waals surface area (Å²) in [5, 5.41) is 3.38. The van der Waals surface area contributed by atoms with Gasteiger partial charge in [0.25, 0.3) is 0 Å². The van der Waals surface area contributed by atoms with Crippen molar-refractivity contribution >= 4 is 17.0 Å². The SMILES string of the molecule is Cc1nccnc1C(C)Nc1nc2ccncc2n1C. The quantitative estimate of drug-likeness (QED) is 0.789. The zero-order valence-electron chi connectivity index (χ0n) is 11.7. The minimum absolute atomic E-state index is 0.0344. The average molecular weight is 268 g/mol. The topological polar surface area (TPSA) is 68.5 Å². The van der Waals surface area contributed by atoms with Gasteiger partial charge in [-0.25, -0.2) is 4.98 Å². The van der Waals surface area contributed by atoms with Crippen molar-refractivity contribution in [3.8, 4) is 0 Å². The van der Waals surface area contributed by atoms with E-state index in [1.165, 1.54) is 0 Å². The van der Waals surface area contributed by atoms with Crippen molar-refractivity contribution < 1.29 is 0 Å². The van der Waals surface area contributed by atoms with E-state index in [0.29, 0.717) is 0 Å². The third kappa shape index (κ3) is 2.09. The molecule has 0 spiro atoms. The van der Waals surface area contributed by atoms with Crippen molar-refractivity contribution in [3.05, 3.63) is 42.2 Å². The second kappa shape index (κ2) is 4.88. The zero-order valence-corrected chi connectivity index (χ0v) is 11.7. The summed E-state index contributed by atoms with van der Waals surface area (Å²) in [6.45, 7) is 4.01. The molecule has 3 aromatic rings. The highest BCUT2D eigenvalue weighted by Crippen LogP contribution is 2.21. The molecule has 0 aliphatic heterocycles. The molecule has 102 valence electrons. The lowest BCUT2D eigenvalue weighted by molar-refractivity contribution is 0.782. The molecule has 3 heterocycles. The fourth-order valence-electron chi connectivity index (χ4n) is 2.27. The first-order valence-corrected chi connectivity index (χ1v) is 6.47. The lowest BCUT2D eigenvalue weighted by Gasteiger charge is -2.15. The molecule has 3 aromatic heterocycles. The van der Waals surface area contributed by atoms with E-state index in [1.807, 2.05) is 30.8 Å². The number of rotatable bonds is 3. The van der Waals surface area contributed by atoms with Crippen LogP contribution in [0.15, 0.2) is 30.9 Å². The zero-order chi connectivity index (χ0) is 14.1. The van der Waals surface area contributed by atoms with Gasteiger partial charge in [0.1, 0.15) is 0 Å². The Morgan fingerprint density at radius 3 is 2.75 bits per heavy atom. The van der Waals surface area contributed by atoms with E-state index in [-0.39, 0.29) is 6.04 Å². The van der Waals surface area contributed by atoms with Gasteiger partial charge in [0.05, 0.1) is 34.7 Å². The van der Waals surface area contributed by atoms with Gasteiger partial charge < -0.3 is 9.88 Å². The Kier molecular flexibility index (Phi) is 3.06. The first-order valence-electron chi connectivity index (χ1n) is 6.47. The van der Waals surface area contributed by atoms with Crippen molar-refractivity contribution in [3.63, 3.8) is 0 Å². The molecule has 1 unspecified atom stereocenters. The fraction of sp³-hybridized carbons (Fsp3) is 0.286. The van der Waals surface area contributed by atoms with Crippen LogP contribution < -0.4 is 5.32 Å². The maximum absolute atomic E-state index is 4.57. The van der Waals surface area contributed by atoms with E-state index in [9.17, 15) is 0 Å². The van der Waals surface area contributed by atoms with Gasteiger partial charge >= 0.3 is 0 Å². The molecule has 0 fully saturated rings. The van der Waals surface area contributed by atoms with Gasteiger partial charge in [0.2, 0.25) is 5.95 Å². The smallest absolute Gasteiger partial charge is 0.204 e. The number of anilines is 1. The molecule has 0 aromatic carbocycles. The van der Waals surface area contributed by atoms with Gasteiger partial charge in [-0.1, -0.05) is 0 Å². The van der Waals surface area contributed by atoms with Crippen LogP contribution >= 0.6 is 0 Å². The molecule has 0 aliphatic rings. The first-order chi connectivity index (χ1) is 9.66. The number of hydrogen-bond acceptors (Lipinski definition) is 5. The van der Waals surface area contributed by atoms with E-state index in [1.54, 1.807) is 18.6 Å². The Bertz CT molecular complexity index is 748. The van der Waals surface area contributed by atoms with Crippen molar-refractivity contribution in [1.29, 1.82) is 0 Å². The van der Waals surface area contributed by atoms with Crippen molar-refractivity contribution in [2.75, 3.05) is 5.32 Å². The van der Waals surface area contributed by atoms with E-state index in [0.717, 1.165) is 28.4 Å². The van der Waals surface area contributed by atoms with Crippen LogP contribution in [0, 0.1) is 6.92 Å². The molecule has 6 nitrogen and oxygen atoms in total. The maximum Gasteiger partial charge on any atom is 0.204 e. The predicted molar refractivity (Wildman–Crippen MR) is 77.3 cm³/mol. The molecule has 3 rings (SSSR count). The molecule has 20 heavy (non-hydrogen) atoms. The molecule has 0 saturated heterocycles. The molecule has 1 N–H and O–H groups in total. The van der Waals surface area contributed by atoms with Crippen LogP contribution in [0.25, 0.3) is 11.0 Å². The van der Waals surface area contributed by atoms with E-state index >= 15 is 0 Å². The van der Waals surface area contributed by atoms with Gasteiger partial charge in [-0.15, -0.1) is 0 Å². The number of nitrogens with one attached hydrogen (secondary N) is 1. The van der Waals surface area contributed by atoms with Crippen LogP contribution in [0.4, 0.5) is 5.95 Å². The van der Waals surface area contributed by atoms with E-state index < -0.39 is 0 Å². The van der Waals surface area contributed by atoms with Gasteiger partial charge in [-0.3, -0.25) is 15.0 Å². The highest BCUT2D eigenvalue weighted by atomic mass is 15.2. The van der Waals surface area contributed by atoms with Crippen molar-refractivity contribution in [1.82, 2.24) is 24.5 Å². The van der Waals surface area contributed by atoms with Crippen LogP contribution in [0.3, 0.4) is 0 Å². The Balaban J connectivity index is 1.93. The average Bonchev–Trinajstić information content (AvgIpc) is 2.76. The molecule has 0 amide bonds. The summed E-state index contributed by atoms with van der Waals surface area (Å²) in [6.07, 6.45) is 6.97. The highest BCUT2D eigenvalue weighted by Gasteiger charge is 2.14. The minimum Gasteiger partial charge on any atom is -0.347 e. The number of hydrogen-bond donors (Lipinski definition) is 1. The number of fused-ring (bicyclic) bond motifs is 1. The van der Waals surface area contributed by atoms with Crippen molar-refractivity contribution in [2.24, 2.45) is 7.05 Å². The van der Waals surface area contributed by atoms with Crippen LogP contribution in [0.2, 0.25) is 0 Å². The molecule has 0 radical (unpaired) electrons. The van der Waals surface area contributed by atoms with Crippen LogP contribution in [-0.4, -0.2) is 24.5 Å². The standard InChI is InChI=1S/C14H16N6/c1-9-13(17-7-6-16-9)10(2)18-14-19-11-4-5-15-8-12(11)20(14)3/h4-8,10H,1-3H3,(H,18,19). The summed E-state index contributed by atoms with van der Waals surface area (Å²) in [7, 11) is 1.97. The third-order valence-electron chi connectivity index (χ3n) is 3.36. The van der Waals surface area contributed by atoms with Crippen molar-refractivity contribution in [2.45, 2.75) is 19.9 Å². The second-order valence-electron chi connectivity index (χ2n) is 4.75. The molecular formula is C14H16N6. The normalized spacial score (nSPS) is 12.6. The summed E-state index contributed by atoms with van der Waals surface area (Å²) in [5.74, 6) is 0.797. The van der Waals surface area contributed by atoms with Gasteiger partial charge in [-0.05, 0) is 19.9 Å². The Morgan fingerprint density at radius 2 is 2.00 bits per heavy atom. The molecular weight excluding hydrogens is 252 g/mol. The highest BCUT2D eigenvalue weighted by molar-refractivity contribution is 5.77. The number of aromatic nitrogens is 5. The third-order valence-corrected chi connectivity index (χ3v) is 3.36. The molecule has 0 saturated carbocycles. The Hall–Kier alpha value is -2.50. The lowest BCUT2D eigenvalue weighted by Crippen LogP contribution is -2.13. The van der Waals surface area contributed by atoms with Gasteiger partial charge in [0, 0.05) is 25.6 Å². The van der Waals surface area contributed by atoms with Crippen LogP contribution in [0.5, 0.6) is 0 Å². The number of nitrogens with zero attached hydrogens (tertiary/aromatic N) is 5. The monoisotopic (exact) mass is 268 g/mol. The van der Waals surface area contributed by atoms with Gasteiger partial charge in [0.15, 0.2) is 0 Å². The van der Waals surface area contributed by atoms with Gasteiger partial charge in [-0.2, -0.15) is 0 Å². The minimum atomic E-state index is 0.0344. The largest absolute Gasteiger partial charge is 0.347 e. The van der Waals surface area contributed by atoms with Crippen LogP contribution in [0.1, 0.15) is 24.4 Å². The summed E-state index contributed by atoms with van der Waals surface area (Å²) in [6, 6.07) is 1.94. The summed E-state index contributed by atoms with van der Waals surface area (Å²) >= 11 is 0. The Labute approximate surface area is 116 Å². The van der Waals surface area contributed by atoms with Crippen LogP contribution in [-0.2, 0) is 7.05 Å². The summed E-state index contributed by atoms with van der Waals surface area (Å²) in [5.41, 5.74) is 3.77. The predicted octanol–water partition coefficient (Wildman–Crippen LogP) is 2.24. The molecule has 1 atom stereocenters. The Morgan fingerprint density at radius 1 is 1.20 bits per heavy atom. The fourth-order valence-corrected chi connectivity index (χ4v) is 2.27. The number of aryl methyl sites for hydroxylation is 2. The summed E-state index contributed by atoms with van der Waals surface area (Å²) in [4.78, 5) is 17.3. The molecule has 0 bridgehead atoms. The van der Waals surface area contributed by atoms with E-state index in [2.05, 4.69) is 32.2 Å². The summed E-state index contributed by atoms with van der Waals surface area (Å²) < 4.78 is 1.99. The second-order valence-corrected chi connectivity index (χ2v) is 4.75. The first kappa shape index (κ1) is 12.5. The molecule has 6 heteroatoms. The van der Waals surface area contributed by atoms with E-state index in [4.69, 9.17) is 0 Å². The molecule has 0 aliphatic carbocycles. The number of imidazole rings is 1. The lowest BCUT2D eigenvalue weighted by atomic mass is 10.2.